The first kappa shape index (κ1) is 28.9. The van der Waals surface area contributed by atoms with Gasteiger partial charge in [-0.05, 0) is 35.4 Å². The SMILES string of the molecule is NCC(=O)OCC(COc1ccc(-c2ccc(OCC(CCl)OC(=O)CN)cc2)cc1)OC(=O)CN. The van der Waals surface area contributed by atoms with Crippen LogP contribution in [0, 0.1) is 0 Å². The summed E-state index contributed by atoms with van der Waals surface area (Å²) in [6.45, 7) is -0.958. The van der Waals surface area contributed by atoms with Crippen LogP contribution in [0.4, 0.5) is 0 Å². The Morgan fingerprint density at radius 3 is 1.47 bits per heavy atom. The first-order chi connectivity index (χ1) is 17.4. The number of carbonyl (C=O) groups is 3. The van der Waals surface area contributed by atoms with Gasteiger partial charge >= 0.3 is 17.9 Å². The van der Waals surface area contributed by atoms with Gasteiger partial charge in [-0.15, -0.1) is 11.6 Å². The fraction of sp³-hybridized carbons (Fsp3) is 0.375. The van der Waals surface area contributed by atoms with Crippen molar-refractivity contribution < 1.29 is 38.1 Å². The molecule has 6 N–H and O–H groups in total. The second kappa shape index (κ2) is 15.6. The van der Waals surface area contributed by atoms with Crippen LogP contribution in [-0.2, 0) is 28.6 Å². The lowest BCUT2D eigenvalue weighted by atomic mass is 10.1. The van der Waals surface area contributed by atoms with Gasteiger partial charge in [0.1, 0.15) is 37.4 Å². The minimum Gasteiger partial charge on any atom is -0.490 e. The Morgan fingerprint density at radius 1 is 0.639 bits per heavy atom. The number of esters is 3. The van der Waals surface area contributed by atoms with Crippen LogP contribution < -0.4 is 26.7 Å². The van der Waals surface area contributed by atoms with Gasteiger partial charge in [0, 0.05) is 0 Å². The maximum Gasteiger partial charge on any atom is 0.320 e. The average molecular weight is 524 g/mol. The Labute approximate surface area is 213 Å². The fourth-order valence-electron chi connectivity index (χ4n) is 2.80. The summed E-state index contributed by atoms with van der Waals surface area (Å²) in [5, 5.41) is 0. The van der Waals surface area contributed by atoms with Crippen LogP contribution in [-0.4, -0.2) is 75.5 Å². The Hall–Kier alpha value is -3.38. The first-order valence-electron chi connectivity index (χ1n) is 11.0. The van der Waals surface area contributed by atoms with Crippen LogP contribution >= 0.6 is 11.6 Å². The molecule has 196 valence electrons. The van der Waals surface area contributed by atoms with Crippen LogP contribution in [0.25, 0.3) is 11.1 Å². The zero-order valence-corrected chi connectivity index (χ0v) is 20.4. The quantitative estimate of drug-likeness (QED) is 0.169. The molecule has 0 fully saturated rings. The molecule has 2 unspecified atom stereocenters. The summed E-state index contributed by atoms with van der Waals surface area (Å²) >= 11 is 5.80. The van der Waals surface area contributed by atoms with E-state index in [2.05, 4.69) is 0 Å². The molecule has 2 aromatic rings. The molecule has 0 aliphatic carbocycles. The Bertz CT molecular complexity index is 972. The highest BCUT2D eigenvalue weighted by Gasteiger charge is 2.17. The van der Waals surface area contributed by atoms with Gasteiger partial charge in [0.25, 0.3) is 0 Å². The minimum atomic E-state index is -0.832. The van der Waals surface area contributed by atoms with E-state index in [1.165, 1.54) is 0 Å². The molecular formula is C24H30ClN3O8. The van der Waals surface area contributed by atoms with Crippen molar-refractivity contribution in [3.63, 3.8) is 0 Å². The largest absolute Gasteiger partial charge is 0.490 e. The smallest absolute Gasteiger partial charge is 0.320 e. The molecule has 0 saturated carbocycles. The van der Waals surface area contributed by atoms with Crippen molar-refractivity contribution in [3.8, 4) is 22.6 Å². The van der Waals surface area contributed by atoms with Crippen molar-refractivity contribution >= 4 is 29.5 Å². The summed E-state index contributed by atoms with van der Waals surface area (Å²) in [7, 11) is 0. The monoisotopic (exact) mass is 523 g/mol. The van der Waals surface area contributed by atoms with Gasteiger partial charge in [-0.1, -0.05) is 24.3 Å². The molecular weight excluding hydrogens is 494 g/mol. The zero-order chi connectivity index (χ0) is 26.3. The van der Waals surface area contributed by atoms with E-state index < -0.39 is 30.1 Å². The highest BCUT2D eigenvalue weighted by atomic mass is 35.5. The van der Waals surface area contributed by atoms with Crippen molar-refractivity contribution in [2.24, 2.45) is 17.2 Å². The first-order valence-corrected chi connectivity index (χ1v) is 11.6. The number of benzene rings is 2. The van der Waals surface area contributed by atoms with E-state index in [-0.39, 0.29) is 45.3 Å². The lowest BCUT2D eigenvalue weighted by Gasteiger charge is -2.18. The molecule has 0 aromatic heterocycles. The molecule has 0 amide bonds. The van der Waals surface area contributed by atoms with Gasteiger partial charge in [-0.2, -0.15) is 0 Å². The normalized spacial score (nSPS) is 12.2. The molecule has 2 rings (SSSR count). The Kier molecular flexibility index (Phi) is 12.5. The molecule has 2 aromatic carbocycles. The van der Waals surface area contributed by atoms with Crippen LogP contribution in [0.2, 0.25) is 0 Å². The number of ether oxygens (including phenoxy) is 5. The van der Waals surface area contributed by atoms with Crippen LogP contribution in [0.15, 0.2) is 48.5 Å². The van der Waals surface area contributed by atoms with Gasteiger partial charge in [0.05, 0.1) is 25.5 Å². The number of rotatable bonds is 15. The molecule has 0 aliphatic rings. The van der Waals surface area contributed by atoms with E-state index >= 15 is 0 Å². The number of nitrogens with two attached hydrogens (primary N) is 3. The third kappa shape index (κ3) is 10.1. The molecule has 0 radical (unpaired) electrons. The van der Waals surface area contributed by atoms with Crippen LogP contribution in [0.5, 0.6) is 11.5 Å². The Morgan fingerprint density at radius 2 is 1.06 bits per heavy atom. The molecule has 0 saturated heterocycles. The summed E-state index contributed by atoms with van der Waals surface area (Å²) < 4.78 is 26.4. The van der Waals surface area contributed by atoms with Crippen LogP contribution in [0.3, 0.4) is 0 Å². The van der Waals surface area contributed by atoms with E-state index in [9.17, 15) is 14.4 Å². The topological polar surface area (TPSA) is 175 Å². The third-order valence-electron chi connectivity index (χ3n) is 4.61. The van der Waals surface area contributed by atoms with E-state index in [4.69, 9.17) is 52.5 Å². The predicted octanol–water partition coefficient (Wildman–Crippen LogP) is 0.593. The second-order valence-corrected chi connectivity index (χ2v) is 7.65. The number of alkyl halides is 1. The van der Waals surface area contributed by atoms with Crippen molar-refractivity contribution in [1.82, 2.24) is 0 Å². The van der Waals surface area contributed by atoms with E-state index in [1.807, 2.05) is 24.3 Å². The van der Waals surface area contributed by atoms with Gasteiger partial charge in [-0.25, -0.2) is 0 Å². The van der Waals surface area contributed by atoms with Crippen LogP contribution in [0.1, 0.15) is 0 Å². The highest BCUT2D eigenvalue weighted by Crippen LogP contribution is 2.25. The van der Waals surface area contributed by atoms with Gasteiger partial charge in [0.2, 0.25) is 0 Å². The summed E-state index contributed by atoms with van der Waals surface area (Å²) in [5.41, 5.74) is 17.6. The summed E-state index contributed by atoms with van der Waals surface area (Å²) in [5.74, 6) is -0.617. The van der Waals surface area contributed by atoms with Gasteiger partial charge in [0.15, 0.2) is 6.10 Å². The zero-order valence-electron chi connectivity index (χ0n) is 19.6. The summed E-state index contributed by atoms with van der Waals surface area (Å²) in [4.78, 5) is 34.1. The molecule has 2 atom stereocenters. The van der Waals surface area contributed by atoms with Crippen molar-refractivity contribution in [1.29, 1.82) is 0 Å². The number of hydrogen-bond acceptors (Lipinski definition) is 11. The molecule has 12 heteroatoms. The van der Waals surface area contributed by atoms with Crippen molar-refractivity contribution in [2.75, 3.05) is 45.3 Å². The standard InChI is InChI=1S/C24H30ClN3O8/c25-9-20(35-23(30)11-27)13-32-18-5-1-16(2-6-18)17-3-7-19(8-4-17)33-14-21(36-24(31)12-28)15-34-22(29)10-26/h1-8,20-21H,9-15,26-28H2. The van der Waals surface area contributed by atoms with Gasteiger partial charge < -0.3 is 40.9 Å². The van der Waals surface area contributed by atoms with E-state index in [0.29, 0.717) is 11.5 Å². The molecule has 0 heterocycles. The number of carbonyl (C=O) groups excluding carboxylic acids is 3. The molecule has 0 bridgehead atoms. The van der Waals surface area contributed by atoms with E-state index in [1.54, 1.807) is 24.3 Å². The second-order valence-electron chi connectivity index (χ2n) is 7.34. The van der Waals surface area contributed by atoms with Crippen molar-refractivity contribution in [2.45, 2.75) is 12.2 Å². The molecule has 0 aliphatic heterocycles. The molecule has 11 nitrogen and oxygen atoms in total. The lowest BCUT2D eigenvalue weighted by Crippen LogP contribution is -2.34. The third-order valence-corrected chi connectivity index (χ3v) is 4.96. The fourth-order valence-corrected chi connectivity index (χ4v) is 2.96. The maximum atomic E-state index is 11.5. The highest BCUT2D eigenvalue weighted by molar-refractivity contribution is 6.18. The van der Waals surface area contributed by atoms with E-state index in [0.717, 1.165) is 11.1 Å². The maximum absolute atomic E-state index is 11.5. The molecule has 0 spiro atoms. The summed E-state index contributed by atoms with van der Waals surface area (Å²) in [6.07, 6.45) is -1.43. The summed E-state index contributed by atoms with van der Waals surface area (Å²) in [6, 6.07) is 14.5. The average Bonchev–Trinajstić information content (AvgIpc) is 2.92. The molecule has 36 heavy (non-hydrogen) atoms. The van der Waals surface area contributed by atoms with Crippen molar-refractivity contribution in [3.05, 3.63) is 48.5 Å². The predicted molar refractivity (Wildman–Crippen MR) is 131 cm³/mol. The minimum absolute atomic E-state index is 0.0428. The number of halogens is 1. The number of hydrogen-bond donors (Lipinski definition) is 3. The lowest BCUT2D eigenvalue weighted by molar-refractivity contribution is -0.158. The Balaban J connectivity index is 1.91. The van der Waals surface area contributed by atoms with Gasteiger partial charge in [-0.3, -0.25) is 14.4 Å².